The Balaban J connectivity index is 0.000000222. The van der Waals surface area contributed by atoms with Crippen molar-refractivity contribution in [3.63, 3.8) is 0 Å². The van der Waals surface area contributed by atoms with Crippen molar-refractivity contribution < 1.29 is 37.8 Å². The average Bonchev–Trinajstić information content (AvgIpc) is 3.17. The number of allylic oxidation sites excluding steroid dienone is 2. The van der Waals surface area contributed by atoms with E-state index in [1.807, 2.05) is 0 Å². The van der Waals surface area contributed by atoms with E-state index < -0.39 is 29.1 Å². The summed E-state index contributed by atoms with van der Waals surface area (Å²) in [5.74, 6) is -1.85. The number of nitrogens with zero attached hydrogens (tertiary/aromatic N) is 3. The van der Waals surface area contributed by atoms with Crippen molar-refractivity contribution in [2.24, 2.45) is 5.41 Å². The average molecular weight is 423 g/mol. The van der Waals surface area contributed by atoms with Gasteiger partial charge in [0.2, 0.25) is 0 Å². The van der Waals surface area contributed by atoms with Crippen molar-refractivity contribution in [3.05, 3.63) is 65.7 Å². The van der Waals surface area contributed by atoms with E-state index in [1.165, 1.54) is 48.3 Å². The minimum Gasteiger partial charge on any atom is -0.481 e. The lowest BCUT2D eigenvalue weighted by Crippen LogP contribution is -2.28. The molecule has 2 aromatic rings. The number of carbonyl (C=O) groups excluding carboxylic acids is 1. The van der Waals surface area contributed by atoms with Gasteiger partial charge in [-0.05, 0) is 25.5 Å². The molecule has 3 rings (SSSR count). The molecular formula is C19H16F3N3O5. The highest BCUT2D eigenvalue weighted by Crippen LogP contribution is 2.31. The minimum absolute atomic E-state index is 0.0359. The number of alkyl halides is 3. The first kappa shape index (κ1) is 22.5. The third-order valence-corrected chi connectivity index (χ3v) is 4.13. The monoisotopic (exact) mass is 423 g/mol. The number of pyridine rings is 1. The van der Waals surface area contributed by atoms with E-state index in [0.29, 0.717) is 11.8 Å². The van der Waals surface area contributed by atoms with Crippen LogP contribution in [0.2, 0.25) is 0 Å². The van der Waals surface area contributed by atoms with Gasteiger partial charge < -0.3 is 10.2 Å². The number of aromatic nitrogens is 3. The quantitative estimate of drug-likeness (QED) is 0.725. The van der Waals surface area contributed by atoms with Gasteiger partial charge in [0.15, 0.2) is 12.1 Å². The summed E-state index contributed by atoms with van der Waals surface area (Å²) < 4.78 is 38.0. The topological polar surface area (TPSA) is 122 Å². The Bertz CT molecular complexity index is 1010. The number of rotatable bonds is 4. The van der Waals surface area contributed by atoms with Gasteiger partial charge in [0, 0.05) is 18.0 Å². The third kappa shape index (κ3) is 5.40. The number of aldehydes is 1. The fraction of sp³-hybridized carbons (Fsp3) is 0.211. The maximum atomic E-state index is 12.3. The Morgan fingerprint density at radius 1 is 1.23 bits per heavy atom. The lowest BCUT2D eigenvalue weighted by atomic mass is 9.80. The molecule has 0 radical (unpaired) electrons. The molecule has 0 amide bonds. The Hall–Kier alpha value is -3.76. The summed E-state index contributed by atoms with van der Waals surface area (Å²) in [5, 5.41) is 21.3. The Labute approximate surface area is 168 Å². The molecule has 0 aromatic carbocycles. The molecule has 2 aromatic heterocycles. The van der Waals surface area contributed by atoms with Crippen molar-refractivity contribution >= 4 is 18.2 Å². The Morgan fingerprint density at radius 2 is 1.93 bits per heavy atom. The maximum absolute atomic E-state index is 12.3. The van der Waals surface area contributed by atoms with Crippen molar-refractivity contribution in [1.29, 1.82) is 0 Å². The molecule has 0 saturated carbocycles. The van der Waals surface area contributed by atoms with Gasteiger partial charge in [-0.1, -0.05) is 18.2 Å². The number of hydrogen-bond acceptors (Lipinski definition) is 5. The first-order valence-electron chi connectivity index (χ1n) is 8.35. The number of aliphatic carboxylic acids is 2. The summed E-state index contributed by atoms with van der Waals surface area (Å²) in [6.07, 6.45) is 4.01. The molecule has 1 aliphatic rings. The second kappa shape index (κ2) is 8.72. The number of carboxylic acid groups (broad SMARTS) is 2. The molecule has 30 heavy (non-hydrogen) atoms. The maximum Gasteiger partial charge on any atom is 0.417 e. The highest BCUT2D eigenvalue weighted by molar-refractivity contribution is 5.90. The standard InChI is InChI=1S/C10H6F3N3O.C9H10O4/c11-10(12,13)8-1-2-9(14-4-8)16-5-7(6-17)3-15-16;1-9(8(12)13)4-2-3-6(5-9)7(10)11/h1-6H;2-4H,5H2,1H3,(H,10,11)(H,12,13). The largest absolute Gasteiger partial charge is 0.481 e. The summed E-state index contributed by atoms with van der Waals surface area (Å²) in [5.41, 5.74) is -1.45. The molecule has 1 unspecified atom stereocenters. The number of hydrogen-bond donors (Lipinski definition) is 2. The molecule has 1 atom stereocenters. The molecule has 2 heterocycles. The van der Waals surface area contributed by atoms with Gasteiger partial charge in [-0.2, -0.15) is 18.3 Å². The molecule has 0 fully saturated rings. The first-order chi connectivity index (χ1) is 14.0. The molecule has 2 N–H and O–H groups in total. The fourth-order valence-corrected chi connectivity index (χ4v) is 2.40. The van der Waals surface area contributed by atoms with Crippen LogP contribution in [0.25, 0.3) is 5.82 Å². The lowest BCUT2D eigenvalue weighted by Gasteiger charge is -2.23. The van der Waals surface area contributed by atoms with Crippen LogP contribution in [0.15, 0.2) is 54.5 Å². The van der Waals surface area contributed by atoms with E-state index >= 15 is 0 Å². The fourth-order valence-electron chi connectivity index (χ4n) is 2.40. The van der Waals surface area contributed by atoms with Crippen LogP contribution in [0.5, 0.6) is 0 Å². The molecule has 158 valence electrons. The summed E-state index contributed by atoms with van der Waals surface area (Å²) in [6.45, 7) is 1.50. The normalized spacial score (nSPS) is 18.1. The zero-order valence-electron chi connectivity index (χ0n) is 15.5. The van der Waals surface area contributed by atoms with Gasteiger partial charge in [-0.15, -0.1) is 0 Å². The molecule has 8 nitrogen and oxygen atoms in total. The van der Waals surface area contributed by atoms with Gasteiger partial charge in [-0.3, -0.25) is 9.59 Å². The first-order valence-corrected chi connectivity index (χ1v) is 8.35. The van der Waals surface area contributed by atoms with Crippen molar-refractivity contribution in [2.45, 2.75) is 19.5 Å². The van der Waals surface area contributed by atoms with Crippen molar-refractivity contribution in [3.8, 4) is 5.82 Å². The molecule has 0 spiro atoms. The number of halogens is 3. The van der Waals surface area contributed by atoms with Crippen LogP contribution < -0.4 is 0 Å². The summed E-state index contributed by atoms with van der Waals surface area (Å²) in [6, 6.07) is 2.09. The second-order valence-electron chi connectivity index (χ2n) is 6.49. The minimum atomic E-state index is -4.41. The predicted molar refractivity (Wildman–Crippen MR) is 97.0 cm³/mol. The van der Waals surface area contributed by atoms with Crippen LogP contribution in [-0.2, 0) is 15.8 Å². The predicted octanol–water partition coefficient (Wildman–Crippen LogP) is 3.15. The molecule has 11 heteroatoms. The van der Waals surface area contributed by atoms with Crippen LogP contribution >= 0.6 is 0 Å². The number of carboxylic acids is 2. The van der Waals surface area contributed by atoms with Gasteiger partial charge in [0.05, 0.1) is 22.7 Å². The Kier molecular flexibility index (Phi) is 6.55. The van der Waals surface area contributed by atoms with E-state index in [2.05, 4.69) is 10.1 Å². The van der Waals surface area contributed by atoms with E-state index in [-0.39, 0.29) is 17.8 Å². The molecule has 1 aliphatic carbocycles. The van der Waals surface area contributed by atoms with Crippen LogP contribution in [0.4, 0.5) is 13.2 Å². The second-order valence-corrected chi connectivity index (χ2v) is 6.49. The van der Waals surface area contributed by atoms with Gasteiger partial charge in [-0.25, -0.2) is 14.5 Å². The van der Waals surface area contributed by atoms with Crippen LogP contribution in [0.1, 0.15) is 29.3 Å². The van der Waals surface area contributed by atoms with Crippen molar-refractivity contribution in [2.75, 3.05) is 0 Å². The summed E-state index contributed by atoms with van der Waals surface area (Å²) in [4.78, 5) is 35.4. The zero-order chi connectivity index (χ0) is 22.5. The lowest BCUT2D eigenvalue weighted by molar-refractivity contribution is -0.145. The number of carbonyl (C=O) groups is 3. The summed E-state index contributed by atoms with van der Waals surface area (Å²) >= 11 is 0. The van der Waals surface area contributed by atoms with E-state index in [0.717, 1.165) is 12.3 Å². The van der Waals surface area contributed by atoms with Gasteiger partial charge in [0.25, 0.3) is 0 Å². The highest BCUT2D eigenvalue weighted by Gasteiger charge is 2.34. The summed E-state index contributed by atoms with van der Waals surface area (Å²) in [7, 11) is 0. The van der Waals surface area contributed by atoms with Gasteiger partial charge >= 0.3 is 18.1 Å². The van der Waals surface area contributed by atoms with Gasteiger partial charge in [0.1, 0.15) is 0 Å². The van der Waals surface area contributed by atoms with Crippen molar-refractivity contribution in [1.82, 2.24) is 14.8 Å². The zero-order valence-corrected chi connectivity index (χ0v) is 15.5. The van der Waals surface area contributed by atoms with Crippen LogP contribution in [0, 0.1) is 5.41 Å². The van der Waals surface area contributed by atoms with E-state index in [1.54, 1.807) is 0 Å². The van der Waals surface area contributed by atoms with Crippen LogP contribution in [0.3, 0.4) is 0 Å². The molecule has 0 bridgehead atoms. The molecular weight excluding hydrogens is 407 g/mol. The molecule has 0 aliphatic heterocycles. The van der Waals surface area contributed by atoms with Crippen LogP contribution in [-0.4, -0.2) is 43.2 Å². The van der Waals surface area contributed by atoms with E-state index in [4.69, 9.17) is 10.2 Å². The third-order valence-electron chi connectivity index (χ3n) is 4.13. The smallest absolute Gasteiger partial charge is 0.417 e. The SMILES string of the molecule is CC1(C(=O)O)C=CC=C(C(=O)O)C1.O=Cc1cnn(-c2ccc(C(F)(F)F)cn2)c1. The van der Waals surface area contributed by atoms with E-state index in [9.17, 15) is 27.6 Å². The Morgan fingerprint density at radius 3 is 2.40 bits per heavy atom. The molecule has 0 saturated heterocycles. The highest BCUT2D eigenvalue weighted by atomic mass is 19.4.